The number of urea groups is 1. The van der Waals surface area contributed by atoms with Crippen molar-refractivity contribution in [2.75, 3.05) is 17.7 Å². The first kappa shape index (κ1) is 23.0. The SMILES string of the molecule is COC(=O)CC(NC(=O)c1ccc(NC(=O)Nc2ccccc2)cc1)c1ccc(Br)cc1. The second-order valence-corrected chi connectivity index (χ2v) is 7.80. The van der Waals surface area contributed by atoms with Gasteiger partial charge in [0.2, 0.25) is 0 Å². The second kappa shape index (κ2) is 11.1. The second-order valence-electron chi connectivity index (χ2n) is 6.88. The first-order chi connectivity index (χ1) is 15.4. The molecule has 3 amide bonds. The molecule has 1 atom stereocenters. The van der Waals surface area contributed by atoms with Gasteiger partial charge in [-0.3, -0.25) is 9.59 Å². The van der Waals surface area contributed by atoms with E-state index in [0.29, 0.717) is 16.9 Å². The van der Waals surface area contributed by atoms with Crippen molar-refractivity contribution in [3.63, 3.8) is 0 Å². The summed E-state index contributed by atoms with van der Waals surface area (Å²) in [6, 6.07) is 21.9. The summed E-state index contributed by atoms with van der Waals surface area (Å²) in [5.41, 5.74) is 2.38. The average Bonchev–Trinajstić information content (AvgIpc) is 2.80. The van der Waals surface area contributed by atoms with Gasteiger partial charge in [-0.2, -0.15) is 0 Å². The van der Waals surface area contributed by atoms with Gasteiger partial charge in [0.1, 0.15) is 0 Å². The zero-order valence-corrected chi connectivity index (χ0v) is 18.9. The zero-order valence-electron chi connectivity index (χ0n) is 17.3. The number of hydrogen-bond acceptors (Lipinski definition) is 4. The molecule has 0 aliphatic heterocycles. The number of hydrogen-bond donors (Lipinski definition) is 3. The van der Waals surface area contributed by atoms with Crippen LogP contribution in [0.5, 0.6) is 0 Å². The molecule has 3 rings (SSSR count). The number of benzene rings is 3. The molecule has 0 radical (unpaired) electrons. The number of nitrogens with one attached hydrogen (secondary N) is 3. The number of rotatable bonds is 7. The maximum atomic E-state index is 12.8. The number of methoxy groups -OCH3 is 1. The van der Waals surface area contributed by atoms with E-state index in [9.17, 15) is 14.4 Å². The summed E-state index contributed by atoms with van der Waals surface area (Å²) in [6.45, 7) is 0. The highest BCUT2D eigenvalue weighted by atomic mass is 79.9. The van der Waals surface area contributed by atoms with E-state index in [1.807, 2.05) is 42.5 Å². The molecule has 0 fully saturated rings. The molecule has 0 aromatic heterocycles. The number of para-hydroxylation sites is 1. The van der Waals surface area contributed by atoms with Crippen molar-refractivity contribution < 1.29 is 19.1 Å². The lowest BCUT2D eigenvalue weighted by molar-refractivity contribution is -0.141. The summed E-state index contributed by atoms with van der Waals surface area (Å²) in [6.07, 6.45) is 0.00314. The Balaban J connectivity index is 1.64. The highest BCUT2D eigenvalue weighted by molar-refractivity contribution is 9.10. The molecule has 3 aromatic carbocycles. The number of carbonyl (C=O) groups is 3. The molecule has 0 saturated carbocycles. The van der Waals surface area contributed by atoms with Crippen LogP contribution in [0.3, 0.4) is 0 Å². The maximum absolute atomic E-state index is 12.8. The van der Waals surface area contributed by atoms with Crippen molar-refractivity contribution in [2.24, 2.45) is 0 Å². The minimum atomic E-state index is -0.544. The summed E-state index contributed by atoms with van der Waals surface area (Å²) < 4.78 is 5.66. The highest BCUT2D eigenvalue weighted by Crippen LogP contribution is 2.21. The number of esters is 1. The van der Waals surface area contributed by atoms with Crippen LogP contribution in [0, 0.1) is 0 Å². The van der Waals surface area contributed by atoms with E-state index in [4.69, 9.17) is 4.74 Å². The lowest BCUT2D eigenvalue weighted by Crippen LogP contribution is -2.30. The summed E-state index contributed by atoms with van der Waals surface area (Å²) in [5.74, 6) is -0.774. The molecule has 3 aromatic rings. The van der Waals surface area contributed by atoms with Gasteiger partial charge in [0.15, 0.2) is 0 Å². The van der Waals surface area contributed by atoms with E-state index in [-0.39, 0.29) is 18.4 Å². The molecule has 0 heterocycles. The Bertz CT molecular complexity index is 1070. The molecule has 0 aliphatic carbocycles. The van der Waals surface area contributed by atoms with Gasteiger partial charge in [-0.25, -0.2) is 4.79 Å². The zero-order chi connectivity index (χ0) is 22.9. The van der Waals surface area contributed by atoms with Gasteiger partial charge in [-0.1, -0.05) is 46.3 Å². The highest BCUT2D eigenvalue weighted by Gasteiger charge is 2.20. The predicted octanol–water partition coefficient (Wildman–Crippen LogP) is 5.13. The Morgan fingerprint density at radius 3 is 2.03 bits per heavy atom. The van der Waals surface area contributed by atoms with Gasteiger partial charge >= 0.3 is 12.0 Å². The Kier molecular flexibility index (Phi) is 7.99. The lowest BCUT2D eigenvalue weighted by Gasteiger charge is -2.18. The van der Waals surface area contributed by atoms with Crippen LogP contribution in [0.15, 0.2) is 83.3 Å². The van der Waals surface area contributed by atoms with Gasteiger partial charge < -0.3 is 20.7 Å². The van der Waals surface area contributed by atoms with Gasteiger partial charge in [0, 0.05) is 21.4 Å². The minimum absolute atomic E-state index is 0.00314. The van der Waals surface area contributed by atoms with Gasteiger partial charge in [-0.15, -0.1) is 0 Å². The minimum Gasteiger partial charge on any atom is -0.469 e. The van der Waals surface area contributed by atoms with E-state index in [1.165, 1.54) is 7.11 Å². The van der Waals surface area contributed by atoms with Crippen molar-refractivity contribution >= 4 is 45.2 Å². The average molecular weight is 496 g/mol. The topological polar surface area (TPSA) is 96.5 Å². The molecular weight excluding hydrogens is 474 g/mol. The van der Waals surface area contributed by atoms with Crippen molar-refractivity contribution in [3.8, 4) is 0 Å². The van der Waals surface area contributed by atoms with E-state index in [1.54, 1.807) is 36.4 Å². The van der Waals surface area contributed by atoms with Crippen molar-refractivity contribution in [3.05, 3.63) is 94.5 Å². The lowest BCUT2D eigenvalue weighted by atomic mass is 10.0. The molecule has 0 spiro atoms. The molecule has 32 heavy (non-hydrogen) atoms. The number of amides is 3. The van der Waals surface area contributed by atoms with Crippen LogP contribution < -0.4 is 16.0 Å². The molecule has 1 unspecified atom stereocenters. The predicted molar refractivity (Wildman–Crippen MR) is 127 cm³/mol. The maximum Gasteiger partial charge on any atom is 0.323 e. The summed E-state index contributed by atoms with van der Waals surface area (Å²) in [7, 11) is 1.31. The van der Waals surface area contributed by atoms with Crippen LogP contribution in [0.25, 0.3) is 0 Å². The van der Waals surface area contributed by atoms with Crippen molar-refractivity contribution in [1.82, 2.24) is 5.32 Å². The fourth-order valence-corrected chi connectivity index (χ4v) is 3.22. The fraction of sp³-hybridized carbons (Fsp3) is 0.125. The molecule has 0 aliphatic rings. The van der Waals surface area contributed by atoms with Gasteiger partial charge in [-0.05, 0) is 54.1 Å². The van der Waals surface area contributed by atoms with Gasteiger partial charge in [0.05, 0.1) is 19.6 Å². The Hall–Kier alpha value is -3.65. The largest absolute Gasteiger partial charge is 0.469 e. The monoisotopic (exact) mass is 495 g/mol. The Labute approximate surface area is 194 Å². The van der Waals surface area contributed by atoms with E-state index < -0.39 is 12.0 Å². The molecule has 8 heteroatoms. The number of carbonyl (C=O) groups excluding carboxylic acids is 3. The normalized spacial score (nSPS) is 11.2. The first-order valence-corrected chi connectivity index (χ1v) is 10.6. The van der Waals surface area contributed by atoms with E-state index in [2.05, 4.69) is 31.9 Å². The molecule has 164 valence electrons. The van der Waals surface area contributed by atoms with Crippen LogP contribution in [0.1, 0.15) is 28.4 Å². The fourth-order valence-electron chi connectivity index (χ4n) is 2.96. The van der Waals surface area contributed by atoms with E-state index >= 15 is 0 Å². The number of halogens is 1. The Morgan fingerprint density at radius 1 is 0.844 bits per heavy atom. The van der Waals surface area contributed by atoms with Gasteiger partial charge in [0.25, 0.3) is 5.91 Å². The quantitative estimate of drug-likeness (QED) is 0.396. The standard InChI is InChI=1S/C24H22BrN3O4/c1-32-22(29)15-21(16-7-11-18(25)12-8-16)28-23(30)17-9-13-20(14-10-17)27-24(31)26-19-5-3-2-4-6-19/h2-14,21H,15H2,1H3,(H,28,30)(H2,26,27,31). The van der Waals surface area contributed by atoms with Crippen LogP contribution >= 0.6 is 15.9 Å². The van der Waals surface area contributed by atoms with Crippen LogP contribution in [0.4, 0.5) is 16.2 Å². The number of ether oxygens (including phenoxy) is 1. The summed E-state index contributed by atoms with van der Waals surface area (Å²) >= 11 is 3.38. The molecular formula is C24H22BrN3O4. The van der Waals surface area contributed by atoms with Crippen molar-refractivity contribution in [1.29, 1.82) is 0 Å². The summed E-state index contributed by atoms with van der Waals surface area (Å²) in [5, 5.41) is 8.31. The molecule has 7 nitrogen and oxygen atoms in total. The van der Waals surface area contributed by atoms with Crippen LogP contribution in [-0.4, -0.2) is 25.0 Å². The number of anilines is 2. The molecule has 3 N–H and O–H groups in total. The van der Waals surface area contributed by atoms with E-state index in [0.717, 1.165) is 10.0 Å². The third-order valence-corrected chi connectivity index (χ3v) is 5.14. The van der Waals surface area contributed by atoms with Crippen molar-refractivity contribution in [2.45, 2.75) is 12.5 Å². The third-order valence-electron chi connectivity index (χ3n) is 4.61. The van der Waals surface area contributed by atoms with Crippen LogP contribution in [-0.2, 0) is 9.53 Å². The molecule has 0 bridgehead atoms. The Morgan fingerprint density at radius 2 is 1.44 bits per heavy atom. The smallest absolute Gasteiger partial charge is 0.323 e. The first-order valence-electron chi connectivity index (χ1n) is 9.81. The summed E-state index contributed by atoms with van der Waals surface area (Å²) in [4.78, 5) is 36.7. The molecule has 0 saturated heterocycles. The van der Waals surface area contributed by atoms with Crippen LogP contribution in [0.2, 0.25) is 0 Å². The third kappa shape index (κ3) is 6.68.